The van der Waals surface area contributed by atoms with Crippen molar-refractivity contribution >= 4 is 22.4 Å². The first-order chi connectivity index (χ1) is 13.2. The number of hydrogen-bond donors (Lipinski definition) is 1. The number of aromatic nitrogens is 1. The monoisotopic (exact) mass is 364 g/mol. The summed E-state index contributed by atoms with van der Waals surface area (Å²) < 4.78 is 5.76. The highest BCUT2D eigenvalue weighted by Gasteiger charge is 2.34. The summed E-state index contributed by atoms with van der Waals surface area (Å²) in [7, 11) is 2.20. The lowest BCUT2D eigenvalue weighted by molar-refractivity contribution is -0.150. The smallest absolute Gasteiger partial charge is 0.308 e. The number of nitrogens with zero attached hydrogens (tertiary/aromatic N) is 1. The highest BCUT2D eigenvalue weighted by molar-refractivity contribution is 5.98. The van der Waals surface area contributed by atoms with Crippen LogP contribution in [0.4, 0.5) is 0 Å². The van der Waals surface area contributed by atoms with Crippen molar-refractivity contribution in [1.29, 1.82) is 0 Å². The molecule has 2 aromatic rings. The van der Waals surface area contributed by atoms with E-state index in [2.05, 4.69) is 47.4 Å². The molecule has 2 aliphatic carbocycles. The van der Waals surface area contributed by atoms with Crippen LogP contribution in [0.15, 0.2) is 30.5 Å². The lowest BCUT2D eigenvalue weighted by Crippen LogP contribution is -2.43. The number of fused-ring (bicyclic) bond motifs is 2. The lowest BCUT2D eigenvalue weighted by Gasteiger charge is -2.39. The molecule has 1 fully saturated rings. The van der Waals surface area contributed by atoms with Gasteiger partial charge in [0.2, 0.25) is 0 Å². The van der Waals surface area contributed by atoms with E-state index in [0.29, 0.717) is 12.6 Å². The Balaban J connectivity index is 1.37. The van der Waals surface area contributed by atoms with Gasteiger partial charge >= 0.3 is 5.97 Å². The first-order valence-electron chi connectivity index (χ1n) is 10.4. The topological polar surface area (TPSA) is 45.3 Å². The third-order valence-electron chi connectivity index (χ3n) is 6.72. The lowest BCUT2D eigenvalue weighted by atomic mass is 9.80. The van der Waals surface area contributed by atoms with Gasteiger partial charge in [-0.2, -0.15) is 0 Å². The minimum Gasteiger partial charge on any atom is -0.465 e. The van der Waals surface area contributed by atoms with Gasteiger partial charge in [0.25, 0.3) is 0 Å². The van der Waals surface area contributed by atoms with Crippen LogP contribution in [0, 0.1) is 11.8 Å². The van der Waals surface area contributed by atoms with Crippen molar-refractivity contribution in [1.82, 2.24) is 9.88 Å². The van der Waals surface area contributed by atoms with Gasteiger partial charge < -0.3 is 9.72 Å². The summed E-state index contributed by atoms with van der Waals surface area (Å²) in [5, 5.41) is 1.37. The van der Waals surface area contributed by atoms with Crippen LogP contribution in [-0.4, -0.2) is 42.1 Å². The highest BCUT2D eigenvalue weighted by Crippen LogP contribution is 2.40. The van der Waals surface area contributed by atoms with Crippen molar-refractivity contribution in [2.45, 2.75) is 44.6 Å². The zero-order valence-corrected chi connectivity index (χ0v) is 16.0. The van der Waals surface area contributed by atoms with E-state index in [0.717, 1.165) is 25.8 Å². The van der Waals surface area contributed by atoms with Gasteiger partial charge in [0.15, 0.2) is 0 Å². The molecule has 5 rings (SSSR count). The molecular formula is C23H28N2O2. The van der Waals surface area contributed by atoms with E-state index in [1.807, 2.05) is 0 Å². The number of esters is 1. The van der Waals surface area contributed by atoms with Crippen LogP contribution in [0.3, 0.4) is 0 Å². The molecule has 4 heteroatoms. The van der Waals surface area contributed by atoms with Gasteiger partial charge in [-0.3, -0.25) is 9.69 Å². The van der Waals surface area contributed by atoms with E-state index in [1.54, 1.807) is 0 Å². The van der Waals surface area contributed by atoms with Crippen LogP contribution >= 0.6 is 0 Å². The van der Waals surface area contributed by atoms with Crippen LogP contribution in [0.25, 0.3) is 16.5 Å². The van der Waals surface area contributed by atoms with Gasteiger partial charge in [-0.1, -0.05) is 37.5 Å². The third kappa shape index (κ3) is 3.00. The Bertz CT molecular complexity index is 891. The van der Waals surface area contributed by atoms with Crippen molar-refractivity contribution in [2.24, 2.45) is 11.8 Å². The second-order valence-corrected chi connectivity index (χ2v) is 8.55. The molecule has 3 aliphatic rings. The van der Waals surface area contributed by atoms with Crippen molar-refractivity contribution in [2.75, 3.05) is 20.2 Å². The van der Waals surface area contributed by atoms with E-state index >= 15 is 0 Å². The number of carbonyl (C=O) groups excluding carboxylic acids is 1. The predicted octanol–water partition coefficient (Wildman–Crippen LogP) is 4.16. The fourth-order valence-electron chi connectivity index (χ4n) is 5.30. The third-order valence-corrected chi connectivity index (χ3v) is 6.72. The standard InChI is InChI=1S/C23H28N2O2/c1-25-13-15(14-27-23(26)16-6-3-2-4-7-16)10-19-18-8-5-9-20-22(18)17(12-24-20)11-21(19)25/h5,8-10,12,15-16,21,24H,2-4,6-7,11,13-14H2,1H3/t15-,21-/m1/s1. The zero-order valence-electron chi connectivity index (χ0n) is 16.0. The van der Waals surface area contributed by atoms with E-state index < -0.39 is 0 Å². The van der Waals surface area contributed by atoms with Gasteiger partial charge in [-0.15, -0.1) is 0 Å². The second kappa shape index (κ2) is 6.83. The molecule has 0 spiro atoms. The number of hydrogen-bond acceptors (Lipinski definition) is 3. The van der Waals surface area contributed by atoms with Crippen molar-refractivity contribution in [3.8, 4) is 0 Å². The van der Waals surface area contributed by atoms with E-state index in [1.165, 1.54) is 46.9 Å². The Hall–Kier alpha value is -2.07. The van der Waals surface area contributed by atoms with Crippen LogP contribution < -0.4 is 0 Å². The molecule has 142 valence electrons. The Morgan fingerprint density at radius 1 is 1.26 bits per heavy atom. The minimum atomic E-state index is 0.0246. The maximum absolute atomic E-state index is 12.4. The number of aromatic amines is 1. The Labute approximate surface area is 160 Å². The van der Waals surface area contributed by atoms with Gasteiger partial charge in [0, 0.05) is 35.6 Å². The Morgan fingerprint density at radius 2 is 2.11 bits per heavy atom. The highest BCUT2D eigenvalue weighted by atomic mass is 16.5. The summed E-state index contributed by atoms with van der Waals surface area (Å²) >= 11 is 0. The van der Waals surface area contributed by atoms with Crippen LogP contribution in [0.2, 0.25) is 0 Å². The normalized spacial score (nSPS) is 25.9. The van der Waals surface area contributed by atoms with E-state index in [9.17, 15) is 4.79 Å². The Morgan fingerprint density at radius 3 is 2.96 bits per heavy atom. The summed E-state index contributed by atoms with van der Waals surface area (Å²) in [5.41, 5.74) is 5.38. The molecule has 1 N–H and O–H groups in total. The molecule has 1 saturated carbocycles. The summed E-state index contributed by atoms with van der Waals surface area (Å²) in [6.07, 6.45) is 11.2. The van der Waals surface area contributed by atoms with Crippen molar-refractivity contribution < 1.29 is 9.53 Å². The molecule has 2 atom stereocenters. The average molecular weight is 364 g/mol. The molecule has 1 aromatic carbocycles. The second-order valence-electron chi connectivity index (χ2n) is 8.55. The quantitative estimate of drug-likeness (QED) is 0.832. The molecular weight excluding hydrogens is 336 g/mol. The number of rotatable bonds is 3. The molecule has 0 amide bonds. The van der Waals surface area contributed by atoms with Gasteiger partial charge in [-0.05, 0) is 49.1 Å². The first kappa shape index (κ1) is 17.1. The summed E-state index contributed by atoms with van der Waals surface area (Å²) in [5.74, 6) is 0.424. The van der Waals surface area contributed by atoms with Crippen LogP contribution in [0.1, 0.15) is 43.2 Å². The first-order valence-corrected chi connectivity index (χ1v) is 10.4. The van der Waals surface area contributed by atoms with E-state index in [-0.39, 0.29) is 17.8 Å². The molecule has 1 aliphatic heterocycles. The molecule has 27 heavy (non-hydrogen) atoms. The number of nitrogens with one attached hydrogen (secondary N) is 1. The van der Waals surface area contributed by atoms with Crippen molar-refractivity contribution in [3.63, 3.8) is 0 Å². The van der Waals surface area contributed by atoms with Gasteiger partial charge in [0.1, 0.15) is 0 Å². The van der Waals surface area contributed by atoms with Gasteiger partial charge in [-0.25, -0.2) is 0 Å². The molecule has 4 nitrogen and oxygen atoms in total. The molecule has 0 saturated heterocycles. The largest absolute Gasteiger partial charge is 0.465 e. The molecule has 1 aromatic heterocycles. The fourth-order valence-corrected chi connectivity index (χ4v) is 5.30. The number of benzene rings is 1. The average Bonchev–Trinajstić information content (AvgIpc) is 3.12. The van der Waals surface area contributed by atoms with Crippen LogP contribution in [0.5, 0.6) is 0 Å². The number of H-pyrrole nitrogens is 1. The van der Waals surface area contributed by atoms with E-state index in [4.69, 9.17) is 4.74 Å². The maximum Gasteiger partial charge on any atom is 0.308 e. The van der Waals surface area contributed by atoms with Crippen molar-refractivity contribution in [3.05, 3.63) is 41.6 Å². The number of carbonyl (C=O) groups is 1. The molecule has 0 radical (unpaired) electrons. The molecule has 0 unspecified atom stereocenters. The minimum absolute atomic E-state index is 0.0246. The molecule has 0 bridgehead atoms. The zero-order chi connectivity index (χ0) is 18.4. The van der Waals surface area contributed by atoms with Gasteiger partial charge in [0.05, 0.1) is 12.5 Å². The summed E-state index contributed by atoms with van der Waals surface area (Å²) in [4.78, 5) is 18.3. The maximum atomic E-state index is 12.4. The number of likely N-dealkylation sites (N-methyl/N-ethyl adjacent to an activating group) is 1. The summed E-state index contributed by atoms with van der Waals surface area (Å²) in [6.45, 7) is 1.45. The molecule has 2 heterocycles. The SMILES string of the molecule is CN1C[C@H](COC(=O)C2CCCCC2)C=C2c3cccc4[nH]cc(c34)C[C@H]21. The van der Waals surface area contributed by atoms with Crippen LogP contribution in [-0.2, 0) is 16.0 Å². The predicted molar refractivity (Wildman–Crippen MR) is 107 cm³/mol. The number of ether oxygens (including phenoxy) is 1. The fraction of sp³-hybridized carbons (Fsp3) is 0.522. The summed E-state index contributed by atoms with van der Waals surface area (Å²) in [6, 6.07) is 6.94. The Kier molecular flexibility index (Phi) is 4.31.